The summed E-state index contributed by atoms with van der Waals surface area (Å²) >= 11 is 0. The molecular formula is C12H12N2O. The van der Waals surface area contributed by atoms with Crippen molar-refractivity contribution in [1.29, 1.82) is 0 Å². The van der Waals surface area contributed by atoms with Crippen LogP contribution in [0.1, 0.15) is 18.6 Å². The van der Waals surface area contributed by atoms with Crippen molar-refractivity contribution in [2.75, 3.05) is 0 Å². The minimum Gasteiger partial charge on any atom is -0.384 e. The molecule has 1 atom stereocenters. The van der Waals surface area contributed by atoms with Crippen LogP contribution < -0.4 is 0 Å². The molecule has 2 rings (SSSR count). The number of aliphatic hydroxyl groups is 1. The van der Waals surface area contributed by atoms with Crippen molar-refractivity contribution in [2.45, 2.75) is 13.0 Å². The first-order valence-corrected chi connectivity index (χ1v) is 4.73. The number of aliphatic hydroxyl groups excluding tert-OH is 1. The fraction of sp³-hybridized carbons (Fsp3) is 0.167. The maximum Gasteiger partial charge on any atom is 0.102 e. The molecule has 0 fully saturated rings. The van der Waals surface area contributed by atoms with Crippen LogP contribution in [-0.2, 0) is 0 Å². The van der Waals surface area contributed by atoms with Crippen LogP contribution in [0.4, 0.5) is 0 Å². The molecule has 0 amide bonds. The zero-order valence-corrected chi connectivity index (χ0v) is 8.51. The summed E-state index contributed by atoms with van der Waals surface area (Å²) in [7, 11) is 0. The van der Waals surface area contributed by atoms with Gasteiger partial charge in [0.05, 0.1) is 11.0 Å². The molecule has 0 saturated heterocycles. The molecule has 1 N–H and O–H groups in total. The van der Waals surface area contributed by atoms with Gasteiger partial charge in [0.2, 0.25) is 0 Å². The molecule has 3 nitrogen and oxygen atoms in total. The highest BCUT2D eigenvalue weighted by atomic mass is 16.3. The van der Waals surface area contributed by atoms with Crippen molar-refractivity contribution >= 4 is 11.0 Å². The summed E-state index contributed by atoms with van der Waals surface area (Å²) < 4.78 is 0. The van der Waals surface area contributed by atoms with Crippen molar-refractivity contribution in [3.05, 3.63) is 48.3 Å². The van der Waals surface area contributed by atoms with Gasteiger partial charge in [-0.1, -0.05) is 18.7 Å². The molecule has 0 aliphatic rings. The number of fused-ring (bicyclic) bond motifs is 1. The monoisotopic (exact) mass is 200 g/mol. The Labute approximate surface area is 88.1 Å². The van der Waals surface area contributed by atoms with Gasteiger partial charge in [-0.25, -0.2) is 0 Å². The summed E-state index contributed by atoms with van der Waals surface area (Å²) in [6.07, 6.45) is 2.58. The predicted octanol–water partition coefficient (Wildman–Crippen LogP) is 2.24. The third kappa shape index (κ3) is 1.74. The van der Waals surface area contributed by atoms with Crippen LogP contribution in [-0.4, -0.2) is 15.1 Å². The van der Waals surface area contributed by atoms with Crippen LogP contribution in [0.25, 0.3) is 11.0 Å². The third-order valence-corrected chi connectivity index (χ3v) is 2.29. The Morgan fingerprint density at radius 1 is 1.33 bits per heavy atom. The second-order valence-corrected chi connectivity index (χ2v) is 3.52. The van der Waals surface area contributed by atoms with E-state index in [2.05, 4.69) is 16.5 Å². The van der Waals surface area contributed by atoms with E-state index in [1.54, 1.807) is 19.3 Å². The molecule has 1 unspecified atom stereocenters. The number of aromatic nitrogens is 2. The highest BCUT2D eigenvalue weighted by Crippen LogP contribution is 2.25. The first-order chi connectivity index (χ1) is 7.20. The molecule has 0 radical (unpaired) electrons. The van der Waals surface area contributed by atoms with Crippen LogP contribution in [0.2, 0.25) is 0 Å². The van der Waals surface area contributed by atoms with Crippen molar-refractivity contribution in [3.63, 3.8) is 0 Å². The second kappa shape index (κ2) is 3.79. The molecule has 0 spiro atoms. The highest BCUT2D eigenvalue weighted by molar-refractivity contribution is 5.78. The minimum atomic E-state index is -0.676. The standard InChI is InChI=1S/C12H12N2O/c1-8(2)12(15)9-4-3-5-10-11(9)14-7-6-13-10/h3-7,12,15H,1H2,2H3. The second-order valence-electron chi connectivity index (χ2n) is 3.52. The smallest absolute Gasteiger partial charge is 0.102 e. The van der Waals surface area contributed by atoms with Gasteiger partial charge in [-0.3, -0.25) is 9.97 Å². The molecule has 3 heteroatoms. The first kappa shape index (κ1) is 9.80. The van der Waals surface area contributed by atoms with Gasteiger partial charge < -0.3 is 5.11 Å². The average Bonchev–Trinajstić information content (AvgIpc) is 2.27. The summed E-state index contributed by atoms with van der Waals surface area (Å²) in [6, 6.07) is 5.58. The summed E-state index contributed by atoms with van der Waals surface area (Å²) in [5.41, 5.74) is 2.98. The van der Waals surface area contributed by atoms with Crippen LogP contribution in [0.5, 0.6) is 0 Å². The molecule has 1 aromatic carbocycles. The van der Waals surface area contributed by atoms with E-state index in [9.17, 15) is 5.11 Å². The lowest BCUT2D eigenvalue weighted by molar-refractivity contribution is 0.217. The van der Waals surface area contributed by atoms with E-state index >= 15 is 0 Å². The quantitative estimate of drug-likeness (QED) is 0.756. The lowest BCUT2D eigenvalue weighted by Gasteiger charge is -2.11. The van der Waals surface area contributed by atoms with Gasteiger partial charge in [-0.15, -0.1) is 0 Å². The maximum absolute atomic E-state index is 9.93. The lowest BCUT2D eigenvalue weighted by Crippen LogP contribution is -2.00. The van der Waals surface area contributed by atoms with E-state index < -0.39 is 6.10 Å². The van der Waals surface area contributed by atoms with Gasteiger partial charge in [0, 0.05) is 18.0 Å². The fourth-order valence-corrected chi connectivity index (χ4v) is 1.50. The molecule has 2 aromatic rings. The third-order valence-electron chi connectivity index (χ3n) is 2.29. The largest absolute Gasteiger partial charge is 0.384 e. The van der Waals surface area contributed by atoms with Gasteiger partial charge in [0.15, 0.2) is 0 Å². The van der Waals surface area contributed by atoms with Gasteiger partial charge in [0.25, 0.3) is 0 Å². The fourth-order valence-electron chi connectivity index (χ4n) is 1.50. The Morgan fingerprint density at radius 3 is 2.80 bits per heavy atom. The number of hydrogen-bond acceptors (Lipinski definition) is 3. The van der Waals surface area contributed by atoms with E-state index in [-0.39, 0.29) is 0 Å². The van der Waals surface area contributed by atoms with Gasteiger partial charge in [-0.05, 0) is 18.6 Å². The topological polar surface area (TPSA) is 46.0 Å². The van der Waals surface area contributed by atoms with Crippen LogP contribution in [0.3, 0.4) is 0 Å². The van der Waals surface area contributed by atoms with Crippen molar-refractivity contribution in [2.24, 2.45) is 0 Å². The normalized spacial score (nSPS) is 12.7. The van der Waals surface area contributed by atoms with Crippen molar-refractivity contribution in [3.8, 4) is 0 Å². The van der Waals surface area contributed by atoms with Gasteiger partial charge >= 0.3 is 0 Å². The molecule has 1 aromatic heterocycles. The first-order valence-electron chi connectivity index (χ1n) is 4.73. The average molecular weight is 200 g/mol. The van der Waals surface area contributed by atoms with Crippen LogP contribution in [0.15, 0.2) is 42.7 Å². The molecule has 0 saturated carbocycles. The van der Waals surface area contributed by atoms with E-state index in [0.717, 1.165) is 16.6 Å². The highest BCUT2D eigenvalue weighted by Gasteiger charge is 2.12. The Hall–Kier alpha value is -1.74. The molecular weight excluding hydrogens is 188 g/mol. The van der Waals surface area contributed by atoms with Crippen molar-refractivity contribution < 1.29 is 5.11 Å². The van der Waals surface area contributed by atoms with E-state index in [1.165, 1.54) is 0 Å². The zero-order chi connectivity index (χ0) is 10.8. The Bertz CT molecular complexity index is 502. The Balaban J connectivity index is 2.65. The molecule has 0 aliphatic heterocycles. The van der Waals surface area contributed by atoms with Gasteiger partial charge in [0.1, 0.15) is 6.10 Å². The molecule has 1 heterocycles. The maximum atomic E-state index is 9.93. The lowest BCUT2D eigenvalue weighted by atomic mass is 10.0. The van der Waals surface area contributed by atoms with Crippen LogP contribution in [0, 0.1) is 0 Å². The summed E-state index contributed by atoms with van der Waals surface area (Å²) in [5.74, 6) is 0. The molecule has 0 bridgehead atoms. The number of para-hydroxylation sites is 1. The summed E-state index contributed by atoms with van der Waals surface area (Å²) in [4.78, 5) is 8.40. The molecule has 76 valence electrons. The number of rotatable bonds is 2. The van der Waals surface area contributed by atoms with Crippen molar-refractivity contribution in [1.82, 2.24) is 9.97 Å². The summed E-state index contributed by atoms with van der Waals surface area (Å²) in [6.45, 7) is 5.53. The van der Waals surface area contributed by atoms with E-state index in [0.29, 0.717) is 5.57 Å². The summed E-state index contributed by atoms with van der Waals surface area (Å²) in [5, 5.41) is 9.93. The number of benzene rings is 1. The zero-order valence-electron chi connectivity index (χ0n) is 8.51. The number of nitrogens with zero attached hydrogens (tertiary/aromatic N) is 2. The molecule has 15 heavy (non-hydrogen) atoms. The van der Waals surface area contributed by atoms with Gasteiger partial charge in [-0.2, -0.15) is 0 Å². The van der Waals surface area contributed by atoms with E-state index in [1.807, 2.05) is 18.2 Å². The SMILES string of the molecule is C=C(C)C(O)c1cccc2nccnc12. The molecule has 0 aliphatic carbocycles. The minimum absolute atomic E-state index is 0.676. The Kier molecular flexibility index (Phi) is 2.47. The Morgan fingerprint density at radius 2 is 2.07 bits per heavy atom. The van der Waals surface area contributed by atoms with Crippen LogP contribution >= 0.6 is 0 Å². The predicted molar refractivity (Wildman–Crippen MR) is 59.3 cm³/mol. The van der Waals surface area contributed by atoms with E-state index in [4.69, 9.17) is 0 Å². The number of hydrogen-bond donors (Lipinski definition) is 1.